The third-order valence-electron chi connectivity index (χ3n) is 4.18. The zero-order valence-electron chi connectivity index (χ0n) is 13.5. The fourth-order valence-electron chi connectivity index (χ4n) is 2.94. The monoisotopic (exact) mass is 342 g/mol. The number of hydrogen-bond acceptors (Lipinski definition) is 2. The number of amides is 2. The fraction of sp³-hybridized carbons (Fsp3) is 0.263. The molecule has 2 aromatic carbocycles. The quantitative estimate of drug-likeness (QED) is 0.928. The Hall–Kier alpha value is -2.33. The minimum Gasteiger partial charge on any atom is -0.344 e. The fourth-order valence-corrected chi connectivity index (χ4v) is 3.07. The first-order chi connectivity index (χ1) is 11.5. The Kier molecular flexibility index (Phi) is 4.86. The maximum absolute atomic E-state index is 12.6. The highest BCUT2D eigenvalue weighted by molar-refractivity contribution is 6.30. The third-order valence-corrected chi connectivity index (χ3v) is 4.43. The van der Waals surface area contributed by atoms with Gasteiger partial charge in [0.15, 0.2) is 0 Å². The molecule has 4 nitrogen and oxygen atoms in total. The van der Waals surface area contributed by atoms with E-state index in [2.05, 4.69) is 5.32 Å². The number of carbonyl (C=O) groups is 2. The molecule has 1 atom stereocenters. The van der Waals surface area contributed by atoms with E-state index in [1.807, 2.05) is 36.4 Å². The molecule has 1 heterocycles. The van der Waals surface area contributed by atoms with Crippen LogP contribution in [0.15, 0.2) is 48.5 Å². The van der Waals surface area contributed by atoms with E-state index >= 15 is 0 Å². The highest BCUT2D eigenvalue weighted by Gasteiger charge is 2.28. The second-order valence-corrected chi connectivity index (χ2v) is 6.40. The number of halogens is 1. The number of rotatable bonds is 4. The number of nitrogens with zero attached hydrogens (tertiary/aromatic N) is 1. The number of hydrogen-bond donors (Lipinski definition) is 1. The summed E-state index contributed by atoms with van der Waals surface area (Å²) in [6.45, 7) is 2.39. The van der Waals surface area contributed by atoms with Gasteiger partial charge in [-0.1, -0.05) is 41.9 Å². The molecule has 2 amide bonds. The molecule has 0 aliphatic carbocycles. The molecule has 24 heavy (non-hydrogen) atoms. The van der Waals surface area contributed by atoms with Gasteiger partial charge in [-0.2, -0.15) is 0 Å². The summed E-state index contributed by atoms with van der Waals surface area (Å²) in [7, 11) is 0. The first kappa shape index (κ1) is 16.5. The number of carbonyl (C=O) groups excluding carboxylic acids is 2. The third kappa shape index (κ3) is 3.60. The predicted octanol–water partition coefficient (Wildman–Crippen LogP) is 2.98. The first-order valence-corrected chi connectivity index (χ1v) is 8.35. The molecule has 0 spiro atoms. The van der Waals surface area contributed by atoms with Crippen LogP contribution in [0.25, 0.3) is 0 Å². The molecule has 0 fully saturated rings. The summed E-state index contributed by atoms with van der Waals surface area (Å²) in [6, 6.07) is 14.4. The summed E-state index contributed by atoms with van der Waals surface area (Å²) in [4.78, 5) is 26.5. The van der Waals surface area contributed by atoms with Crippen LogP contribution < -0.4 is 10.2 Å². The van der Waals surface area contributed by atoms with E-state index in [4.69, 9.17) is 11.6 Å². The summed E-state index contributed by atoms with van der Waals surface area (Å²) in [5.74, 6) is -0.255. The smallest absolute Gasteiger partial charge is 0.249 e. The molecule has 1 aliphatic rings. The van der Waals surface area contributed by atoms with Crippen molar-refractivity contribution < 1.29 is 9.59 Å². The molecule has 0 radical (unpaired) electrons. The van der Waals surface area contributed by atoms with Crippen LogP contribution in [0.2, 0.25) is 5.02 Å². The van der Waals surface area contributed by atoms with Crippen LogP contribution in [0.5, 0.6) is 0 Å². The van der Waals surface area contributed by atoms with Gasteiger partial charge in [0.05, 0.1) is 6.42 Å². The molecular formula is C19H19ClN2O2. The molecule has 1 N–H and O–H groups in total. The van der Waals surface area contributed by atoms with Crippen molar-refractivity contribution in [2.45, 2.75) is 25.8 Å². The number of anilines is 1. The van der Waals surface area contributed by atoms with Crippen LogP contribution in [-0.2, 0) is 22.4 Å². The number of fused-ring (bicyclic) bond motifs is 1. The minimum atomic E-state index is -0.559. The topological polar surface area (TPSA) is 49.4 Å². The van der Waals surface area contributed by atoms with E-state index in [0.29, 0.717) is 11.6 Å². The lowest BCUT2D eigenvalue weighted by molar-refractivity contribution is -0.126. The average Bonchev–Trinajstić information content (AvgIpc) is 3.00. The summed E-state index contributed by atoms with van der Waals surface area (Å²) in [5, 5.41) is 3.42. The minimum absolute atomic E-state index is 0.0793. The zero-order valence-corrected chi connectivity index (χ0v) is 14.2. The number of para-hydroxylation sites is 1. The van der Waals surface area contributed by atoms with Crippen molar-refractivity contribution in [2.24, 2.45) is 0 Å². The van der Waals surface area contributed by atoms with Crippen LogP contribution >= 0.6 is 11.6 Å². The maximum Gasteiger partial charge on any atom is 0.249 e. The molecule has 5 heteroatoms. The SMILES string of the molecule is C[C@@H](NC(=O)Cc1ccc(Cl)cc1)C(=O)N1CCc2ccccc21. The Labute approximate surface area is 146 Å². The molecule has 124 valence electrons. The molecule has 3 rings (SSSR count). The number of nitrogens with one attached hydrogen (secondary N) is 1. The molecule has 0 saturated heterocycles. The molecule has 1 aliphatic heterocycles. The molecule has 2 aromatic rings. The Morgan fingerprint density at radius 1 is 1.17 bits per heavy atom. The average molecular weight is 343 g/mol. The van der Waals surface area contributed by atoms with Gasteiger partial charge in [-0.3, -0.25) is 9.59 Å². The van der Waals surface area contributed by atoms with E-state index in [-0.39, 0.29) is 18.2 Å². The first-order valence-electron chi connectivity index (χ1n) is 7.97. The van der Waals surface area contributed by atoms with E-state index in [1.165, 1.54) is 5.56 Å². The van der Waals surface area contributed by atoms with Crippen LogP contribution in [0, 0.1) is 0 Å². The van der Waals surface area contributed by atoms with Crippen molar-refractivity contribution in [3.05, 3.63) is 64.7 Å². The Bertz CT molecular complexity index is 758. The van der Waals surface area contributed by atoms with E-state index < -0.39 is 6.04 Å². The largest absolute Gasteiger partial charge is 0.344 e. The van der Waals surface area contributed by atoms with Crippen molar-refractivity contribution in [1.82, 2.24) is 5.32 Å². The number of benzene rings is 2. The molecule has 0 saturated carbocycles. The van der Waals surface area contributed by atoms with E-state index in [9.17, 15) is 9.59 Å². The van der Waals surface area contributed by atoms with Gasteiger partial charge < -0.3 is 10.2 Å². The lowest BCUT2D eigenvalue weighted by Crippen LogP contribution is -2.47. The molecular weight excluding hydrogens is 324 g/mol. The Morgan fingerprint density at radius 3 is 2.62 bits per heavy atom. The van der Waals surface area contributed by atoms with Crippen molar-refractivity contribution >= 4 is 29.1 Å². The maximum atomic E-state index is 12.6. The van der Waals surface area contributed by atoms with Crippen LogP contribution in [0.4, 0.5) is 5.69 Å². The summed E-state index contributed by atoms with van der Waals surface area (Å²) in [6.07, 6.45) is 1.08. The predicted molar refractivity (Wildman–Crippen MR) is 95.3 cm³/mol. The van der Waals surface area contributed by atoms with Crippen LogP contribution in [0.3, 0.4) is 0 Å². The summed E-state index contributed by atoms with van der Waals surface area (Å²) in [5.41, 5.74) is 2.98. The standard InChI is InChI=1S/C19H19ClN2O2/c1-13(21-18(23)12-14-6-8-16(20)9-7-14)19(24)22-11-10-15-4-2-3-5-17(15)22/h2-9,13H,10-12H2,1H3,(H,21,23)/t13-/m1/s1. The van der Waals surface area contributed by atoms with Gasteiger partial charge in [-0.25, -0.2) is 0 Å². The summed E-state index contributed by atoms with van der Waals surface area (Å²) >= 11 is 5.84. The van der Waals surface area contributed by atoms with Crippen molar-refractivity contribution in [3.8, 4) is 0 Å². The van der Waals surface area contributed by atoms with Gasteiger partial charge in [0.25, 0.3) is 0 Å². The normalized spacial score (nSPS) is 14.2. The van der Waals surface area contributed by atoms with Crippen molar-refractivity contribution in [2.75, 3.05) is 11.4 Å². The van der Waals surface area contributed by atoms with Crippen LogP contribution in [-0.4, -0.2) is 24.4 Å². The van der Waals surface area contributed by atoms with Crippen molar-refractivity contribution in [1.29, 1.82) is 0 Å². The van der Waals surface area contributed by atoms with Crippen LogP contribution in [0.1, 0.15) is 18.1 Å². The van der Waals surface area contributed by atoms with E-state index in [1.54, 1.807) is 24.0 Å². The Balaban J connectivity index is 1.60. The van der Waals surface area contributed by atoms with Gasteiger partial charge in [0, 0.05) is 17.3 Å². The second-order valence-electron chi connectivity index (χ2n) is 5.96. The van der Waals surface area contributed by atoms with E-state index in [0.717, 1.165) is 17.7 Å². The molecule has 0 aromatic heterocycles. The highest BCUT2D eigenvalue weighted by Crippen LogP contribution is 2.27. The van der Waals surface area contributed by atoms with Gasteiger partial charge in [0.2, 0.25) is 11.8 Å². The van der Waals surface area contributed by atoms with Gasteiger partial charge >= 0.3 is 0 Å². The lowest BCUT2D eigenvalue weighted by atomic mass is 10.1. The van der Waals surface area contributed by atoms with Gasteiger partial charge in [-0.05, 0) is 42.7 Å². The highest BCUT2D eigenvalue weighted by atomic mass is 35.5. The second kappa shape index (κ2) is 7.05. The van der Waals surface area contributed by atoms with Crippen molar-refractivity contribution in [3.63, 3.8) is 0 Å². The molecule has 0 bridgehead atoms. The van der Waals surface area contributed by atoms with Gasteiger partial charge in [0.1, 0.15) is 6.04 Å². The molecule has 0 unspecified atom stereocenters. The zero-order chi connectivity index (χ0) is 17.1. The Morgan fingerprint density at radius 2 is 1.88 bits per heavy atom. The van der Waals surface area contributed by atoms with Gasteiger partial charge in [-0.15, -0.1) is 0 Å². The summed E-state index contributed by atoms with van der Waals surface area (Å²) < 4.78 is 0. The lowest BCUT2D eigenvalue weighted by Gasteiger charge is -2.22.